The molecule has 78 heavy (non-hydrogen) atoms. The topological polar surface area (TPSA) is 195 Å². The van der Waals surface area contributed by atoms with Gasteiger partial charge in [0.2, 0.25) is 0 Å². The summed E-state index contributed by atoms with van der Waals surface area (Å²) in [5.41, 5.74) is -0.804. The molecule has 18 heteroatoms. The fraction of sp³-hybridized carbons (Fsp3) is 0.667. The molecule has 0 aliphatic heterocycles. The number of nitrogens with one attached hydrogen (secondary N) is 1. The average Bonchev–Trinajstić information content (AvgIpc) is 3.32. The zero-order valence-corrected chi connectivity index (χ0v) is 50.2. The van der Waals surface area contributed by atoms with Crippen molar-refractivity contribution in [1.82, 2.24) is 20.0 Å². The van der Waals surface area contributed by atoms with E-state index in [2.05, 4.69) is 26.1 Å². The van der Waals surface area contributed by atoms with E-state index in [4.69, 9.17) is 18.9 Å². The Labute approximate surface area is 463 Å². The number of carbonyl (C=O) groups excluding carboxylic acids is 8. The van der Waals surface area contributed by atoms with Gasteiger partial charge in [0.1, 0.15) is 35.5 Å². The van der Waals surface area contributed by atoms with Crippen molar-refractivity contribution in [2.45, 2.75) is 220 Å². The van der Waals surface area contributed by atoms with E-state index in [0.717, 1.165) is 31.4 Å². The highest BCUT2D eigenvalue weighted by Gasteiger charge is 2.42. The Kier molecular flexibility index (Phi) is 25.3. The normalized spacial score (nSPS) is 15.4. The van der Waals surface area contributed by atoms with Gasteiger partial charge in [0, 0.05) is 46.8 Å². The first kappa shape index (κ1) is 68.3. The molecule has 0 spiro atoms. The van der Waals surface area contributed by atoms with Crippen LogP contribution < -0.4 is 5.32 Å². The first-order valence-corrected chi connectivity index (χ1v) is 27.0. The molecule has 438 valence electrons. The summed E-state index contributed by atoms with van der Waals surface area (Å²) in [5.74, 6) is -6.80. The molecule has 0 fully saturated rings. The lowest BCUT2D eigenvalue weighted by atomic mass is 9.86. The van der Waals surface area contributed by atoms with E-state index in [1.165, 1.54) is 69.7 Å². The third-order valence-corrected chi connectivity index (χ3v) is 13.4. The van der Waals surface area contributed by atoms with E-state index < -0.39 is 108 Å². The van der Waals surface area contributed by atoms with Crippen LogP contribution in [0.15, 0.2) is 48.5 Å². The van der Waals surface area contributed by atoms with Crippen LogP contribution in [0.1, 0.15) is 159 Å². The summed E-state index contributed by atoms with van der Waals surface area (Å²) in [6.45, 7) is 27.2. The fourth-order valence-corrected chi connectivity index (χ4v) is 8.69. The minimum atomic E-state index is -2.10. The highest BCUT2D eigenvalue weighted by Crippen LogP contribution is 2.28. The van der Waals surface area contributed by atoms with Crippen molar-refractivity contribution in [2.75, 3.05) is 28.2 Å². The van der Waals surface area contributed by atoms with E-state index in [1.807, 2.05) is 71.0 Å². The number of nitrogens with zero attached hydrogens (tertiary/aromatic N) is 3. The average molecular weight is 1100 g/mol. The molecule has 0 saturated carbocycles. The van der Waals surface area contributed by atoms with Crippen molar-refractivity contribution in [1.29, 1.82) is 0 Å². The van der Waals surface area contributed by atoms with Gasteiger partial charge in [-0.1, -0.05) is 118 Å². The lowest BCUT2D eigenvalue weighted by Crippen LogP contribution is -2.54. The number of benzene rings is 2. The van der Waals surface area contributed by atoms with Crippen LogP contribution in [0, 0.1) is 11.8 Å². The van der Waals surface area contributed by atoms with E-state index in [9.17, 15) is 42.7 Å². The lowest BCUT2D eigenvalue weighted by molar-refractivity contribution is -0.174. The fourth-order valence-electron chi connectivity index (χ4n) is 8.69. The third-order valence-electron chi connectivity index (χ3n) is 13.4. The molecule has 8 atom stereocenters. The van der Waals surface area contributed by atoms with Crippen molar-refractivity contribution in [3.05, 3.63) is 70.8 Å². The van der Waals surface area contributed by atoms with Gasteiger partial charge in [0.15, 0.2) is 30.7 Å². The van der Waals surface area contributed by atoms with Crippen LogP contribution in [0.25, 0.3) is 0 Å². The highest BCUT2D eigenvalue weighted by molar-refractivity contribution is 5.93. The summed E-state index contributed by atoms with van der Waals surface area (Å²) in [6.07, 6.45) is -6.14. The predicted octanol–water partition coefficient (Wildman–Crippen LogP) is 8.39. The van der Waals surface area contributed by atoms with E-state index >= 15 is 4.39 Å². The number of alkyl halides is 2. The summed E-state index contributed by atoms with van der Waals surface area (Å²) in [5, 5.41) is 2.70. The maximum absolute atomic E-state index is 15.8. The molecule has 0 aliphatic rings. The zero-order chi connectivity index (χ0) is 60.0. The quantitative estimate of drug-likeness (QED) is 0.0485. The number of ether oxygens (including phenoxy) is 4. The molecule has 1 N–H and O–H groups in total. The van der Waals surface area contributed by atoms with Crippen LogP contribution in [-0.2, 0) is 81.0 Å². The number of rotatable bonds is 28. The Balaban J connectivity index is 2.53. The van der Waals surface area contributed by atoms with Crippen molar-refractivity contribution in [2.24, 2.45) is 11.8 Å². The monoisotopic (exact) mass is 1100 g/mol. The van der Waals surface area contributed by atoms with Crippen LogP contribution in [0.2, 0.25) is 0 Å². The van der Waals surface area contributed by atoms with Crippen LogP contribution >= 0.6 is 0 Å². The number of amides is 3. The van der Waals surface area contributed by atoms with Gasteiger partial charge in [0.25, 0.3) is 17.7 Å². The first-order chi connectivity index (χ1) is 35.7. The molecule has 0 heterocycles. The molecule has 2 rings (SSSR count). The van der Waals surface area contributed by atoms with Gasteiger partial charge < -0.3 is 39.0 Å². The molecular formula is C60H92F2N4O12. The maximum atomic E-state index is 15.8. The lowest BCUT2D eigenvalue weighted by Gasteiger charge is -2.35. The number of carbonyl (C=O) groups is 8. The summed E-state index contributed by atoms with van der Waals surface area (Å²) >= 11 is 0. The smallest absolute Gasteiger partial charge is 0.329 e. The second-order valence-corrected chi connectivity index (χ2v) is 24.8. The largest absolute Gasteiger partial charge is 0.453 e. The second kappa shape index (κ2) is 28.9. The van der Waals surface area contributed by atoms with Gasteiger partial charge in [-0.05, 0) is 106 Å². The minimum Gasteiger partial charge on any atom is -0.453 e. The SMILES string of the molecule is CN[C@@H](CC(C)(C)F)C(=O)O[C@H](C)C(=O)N(C)[C@@H](CC(C)C)C(=O)O[C@H](Cc1ccc(C(C)(C)C)cc1)C(=O)N(C)[C@@H](CC(C)(C)F)C(=O)O[C@H](C)C(=O)N(C)[C@@H](CC(C)C)C(=O)O[C@@H](C=O)Cc1ccc(C(C)(C)C)cc1. The highest BCUT2D eigenvalue weighted by atomic mass is 19.1. The Morgan fingerprint density at radius 1 is 0.513 bits per heavy atom. The summed E-state index contributed by atoms with van der Waals surface area (Å²) in [6, 6.07) is 9.58. The molecule has 0 aromatic heterocycles. The Bertz CT molecular complexity index is 2330. The summed E-state index contributed by atoms with van der Waals surface area (Å²) in [4.78, 5) is 114. The molecule has 2 aromatic carbocycles. The Morgan fingerprint density at radius 2 is 0.872 bits per heavy atom. The predicted molar refractivity (Wildman–Crippen MR) is 296 cm³/mol. The molecule has 2 aromatic rings. The van der Waals surface area contributed by atoms with Gasteiger partial charge in [0.05, 0.1) is 0 Å². The van der Waals surface area contributed by atoms with Gasteiger partial charge in [-0.15, -0.1) is 0 Å². The molecule has 0 aliphatic carbocycles. The van der Waals surface area contributed by atoms with Crippen molar-refractivity contribution in [3.8, 4) is 0 Å². The maximum Gasteiger partial charge on any atom is 0.329 e. The van der Waals surface area contributed by atoms with Crippen molar-refractivity contribution >= 4 is 47.9 Å². The standard InChI is InChI=1S/C60H92F2N4O12/c1-36(2)29-46(54(72)77-44(35-67)31-40-21-25-42(26-22-40)57(7,8)9)64(18)51(69)39(6)76-56(74)48(34-60(15,16)62)66(20)52(70)49(32-41-23-27-43(28-24-41)58(10,11)12)78-55(73)47(30-37(3)4)65(19)50(68)38(5)75-53(71)45(63-17)33-59(13,14)61/h21-28,35-39,44-49,63H,29-34H2,1-20H3/t38-,39-,44-,45+,46+,47+,48+,49-/m1/s1. The molecule has 0 bridgehead atoms. The summed E-state index contributed by atoms with van der Waals surface area (Å²) < 4.78 is 53.2. The zero-order valence-electron chi connectivity index (χ0n) is 50.2. The van der Waals surface area contributed by atoms with E-state index in [1.54, 1.807) is 26.0 Å². The van der Waals surface area contributed by atoms with Crippen LogP contribution in [0.4, 0.5) is 8.78 Å². The van der Waals surface area contributed by atoms with Crippen molar-refractivity contribution in [3.63, 3.8) is 0 Å². The Morgan fingerprint density at radius 3 is 1.23 bits per heavy atom. The van der Waals surface area contributed by atoms with Crippen LogP contribution in [0.3, 0.4) is 0 Å². The molecule has 0 saturated heterocycles. The summed E-state index contributed by atoms with van der Waals surface area (Å²) in [7, 11) is 5.34. The van der Waals surface area contributed by atoms with E-state index in [-0.39, 0.29) is 54.8 Å². The molecular weight excluding hydrogens is 1010 g/mol. The van der Waals surface area contributed by atoms with Crippen molar-refractivity contribution < 1.29 is 66.1 Å². The second-order valence-electron chi connectivity index (χ2n) is 24.8. The molecule has 3 amide bonds. The number of halogens is 2. The number of hydrogen-bond donors (Lipinski definition) is 1. The van der Waals surface area contributed by atoms with E-state index in [0.29, 0.717) is 11.8 Å². The van der Waals surface area contributed by atoms with Gasteiger partial charge in [-0.25, -0.2) is 23.2 Å². The van der Waals surface area contributed by atoms with Crippen LogP contribution in [-0.4, -0.2) is 151 Å². The Hall–Kier alpha value is -5.78. The number of likely N-dealkylation sites (N-methyl/N-ethyl adjacent to an activating group) is 4. The molecule has 0 unspecified atom stereocenters. The molecule has 0 radical (unpaired) electrons. The van der Waals surface area contributed by atoms with Gasteiger partial charge >= 0.3 is 23.9 Å². The number of hydrogen-bond acceptors (Lipinski definition) is 13. The number of esters is 4. The third kappa shape index (κ3) is 21.8. The van der Waals surface area contributed by atoms with Gasteiger partial charge in [-0.2, -0.15) is 0 Å². The first-order valence-electron chi connectivity index (χ1n) is 27.0. The number of aldehydes is 1. The van der Waals surface area contributed by atoms with Crippen LogP contribution in [0.5, 0.6) is 0 Å². The minimum absolute atomic E-state index is 0.0406. The molecule has 16 nitrogen and oxygen atoms in total. The van der Waals surface area contributed by atoms with Gasteiger partial charge in [-0.3, -0.25) is 24.0 Å².